The molecule has 1 heterocycles. The van der Waals surface area contributed by atoms with E-state index in [0.717, 1.165) is 16.4 Å². The first kappa shape index (κ1) is 21.5. The molecule has 1 atom stereocenters. The maximum absolute atomic E-state index is 12.6. The van der Waals surface area contributed by atoms with Crippen LogP contribution in [0.5, 0.6) is 5.75 Å². The number of anilines is 1. The van der Waals surface area contributed by atoms with Crippen molar-refractivity contribution in [3.8, 4) is 5.75 Å². The second-order valence-corrected chi connectivity index (χ2v) is 8.94. The quantitative estimate of drug-likeness (QED) is 0.340. The van der Waals surface area contributed by atoms with Crippen molar-refractivity contribution in [3.63, 3.8) is 0 Å². The second kappa shape index (κ2) is 8.45. The Labute approximate surface area is 184 Å². The predicted molar refractivity (Wildman–Crippen MR) is 120 cm³/mol. The highest BCUT2D eigenvalue weighted by Crippen LogP contribution is 2.31. The Bertz CT molecular complexity index is 1420. The molecule has 4 rings (SSSR count). The van der Waals surface area contributed by atoms with Gasteiger partial charge in [0.2, 0.25) is 15.9 Å². The minimum Gasteiger partial charge on any atom is -0.456 e. The van der Waals surface area contributed by atoms with Crippen molar-refractivity contribution in [2.45, 2.75) is 24.8 Å². The maximum Gasteiger partial charge on any atom is 0.329 e. The van der Waals surface area contributed by atoms with Gasteiger partial charge in [0, 0.05) is 23.4 Å². The molecule has 4 aromatic rings. The molecule has 2 N–H and O–H groups in total. The topological polar surface area (TPSA) is 115 Å². The number of ether oxygens (including phenoxy) is 1. The fourth-order valence-corrected chi connectivity index (χ4v) is 4.43. The summed E-state index contributed by atoms with van der Waals surface area (Å²) in [7, 11) is -3.98. The minimum atomic E-state index is -3.98. The molecule has 0 spiro atoms. The molecule has 8 nitrogen and oxygen atoms in total. The lowest BCUT2D eigenvalue weighted by atomic mass is 10.1. The number of fused-ring (bicyclic) bond motifs is 3. The Balaban J connectivity index is 1.47. The third-order valence-corrected chi connectivity index (χ3v) is 6.29. The monoisotopic (exact) mass is 452 g/mol. The van der Waals surface area contributed by atoms with Crippen molar-refractivity contribution in [3.05, 3.63) is 66.7 Å². The fourth-order valence-electron chi connectivity index (χ4n) is 3.24. The SMILES string of the molecule is CC(=O)Nc1ccc(S(=O)(=O)N[C@@H](C)C(=O)Oc2ccc3oc4ccccc4c3c2)cc1. The van der Waals surface area contributed by atoms with E-state index in [1.807, 2.05) is 24.3 Å². The van der Waals surface area contributed by atoms with E-state index < -0.39 is 22.0 Å². The molecule has 0 aliphatic heterocycles. The lowest BCUT2D eigenvalue weighted by Gasteiger charge is -2.14. The number of carbonyl (C=O) groups excluding carboxylic acids is 2. The summed E-state index contributed by atoms with van der Waals surface area (Å²) in [5, 5.41) is 4.23. The van der Waals surface area contributed by atoms with Crippen LogP contribution in [-0.2, 0) is 19.6 Å². The van der Waals surface area contributed by atoms with Gasteiger partial charge in [-0.25, -0.2) is 13.2 Å². The number of rotatable bonds is 6. The summed E-state index contributed by atoms with van der Waals surface area (Å²) in [6.45, 7) is 2.75. The van der Waals surface area contributed by atoms with Gasteiger partial charge < -0.3 is 14.5 Å². The van der Waals surface area contributed by atoms with Gasteiger partial charge in [-0.05, 0) is 55.5 Å². The molecule has 1 amide bonds. The van der Waals surface area contributed by atoms with Crippen LogP contribution in [0.3, 0.4) is 0 Å². The largest absolute Gasteiger partial charge is 0.456 e. The molecule has 1 aromatic heterocycles. The molecule has 164 valence electrons. The molecule has 0 bridgehead atoms. The van der Waals surface area contributed by atoms with Crippen LogP contribution < -0.4 is 14.8 Å². The van der Waals surface area contributed by atoms with E-state index in [2.05, 4.69) is 10.0 Å². The van der Waals surface area contributed by atoms with E-state index in [1.54, 1.807) is 18.2 Å². The van der Waals surface area contributed by atoms with Gasteiger partial charge in [-0.1, -0.05) is 18.2 Å². The summed E-state index contributed by atoms with van der Waals surface area (Å²) >= 11 is 0. The highest BCUT2D eigenvalue weighted by Gasteiger charge is 2.24. The number of sulfonamides is 1. The summed E-state index contributed by atoms with van der Waals surface area (Å²) in [4.78, 5) is 23.6. The number of hydrogen-bond donors (Lipinski definition) is 2. The number of esters is 1. The lowest BCUT2D eigenvalue weighted by molar-refractivity contribution is -0.135. The predicted octanol–water partition coefficient (Wildman–Crippen LogP) is 3.82. The van der Waals surface area contributed by atoms with Gasteiger partial charge in [-0.2, -0.15) is 4.72 Å². The Morgan fingerprint density at radius 1 is 0.938 bits per heavy atom. The van der Waals surface area contributed by atoms with Crippen LogP contribution >= 0.6 is 0 Å². The molecule has 32 heavy (non-hydrogen) atoms. The third-order valence-electron chi connectivity index (χ3n) is 4.74. The molecule has 0 saturated carbocycles. The average molecular weight is 452 g/mol. The summed E-state index contributed by atoms with van der Waals surface area (Å²) in [5.74, 6) is -0.743. The second-order valence-electron chi connectivity index (χ2n) is 7.23. The van der Waals surface area contributed by atoms with Crippen molar-refractivity contribution >= 4 is 49.5 Å². The molecular weight excluding hydrogens is 432 g/mol. The molecule has 0 radical (unpaired) electrons. The van der Waals surface area contributed by atoms with Gasteiger partial charge in [0.25, 0.3) is 0 Å². The van der Waals surface area contributed by atoms with Gasteiger partial charge >= 0.3 is 5.97 Å². The molecule has 3 aromatic carbocycles. The first-order valence-corrected chi connectivity index (χ1v) is 11.2. The van der Waals surface area contributed by atoms with Gasteiger partial charge in [0.1, 0.15) is 23.0 Å². The fraction of sp³-hybridized carbons (Fsp3) is 0.130. The number of furan rings is 1. The van der Waals surface area contributed by atoms with Crippen molar-refractivity contribution in [1.82, 2.24) is 4.72 Å². The normalized spacial score (nSPS) is 12.6. The minimum absolute atomic E-state index is 0.0439. The molecule has 0 fully saturated rings. The summed E-state index contributed by atoms with van der Waals surface area (Å²) in [5.41, 5.74) is 1.84. The Morgan fingerprint density at radius 2 is 1.62 bits per heavy atom. The molecular formula is C23H20N2O6S. The van der Waals surface area contributed by atoms with Crippen LogP contribution in [0.1, 0.15) is 13.8 Å². The highest BCUT2D eigenvalue weighted by atomic mass is 32.2. The number of benzene rings is 3. The van der Waals surface area contributed by atoms with Crippen molar-refractivity contribution < 1.29 is 27.2 Å². The number of hydrogen-bond acceptors (Lipinski definition) is 6. The summed E-state index contributed by atoms with van der Waals surface area (Å²) in [6.07, 6.45) is 0. The smallest absolute Gasteiger partial charge is 0.329 e. The molecule has 0 aliphatic carbocycles. The summed E-state index contributed by atoms with van der Waals surface area (Å²) < 4.78 is 38.6. The zero-order valence-electron chi connectivity index (χ0n) is 17.3. The Kier molecular flexibility index (Phi) is 5.68. The van der Waals surface area contributed by atoms with E-state index >= 15 is 0 Å². The number of carbonyl (C=O) groups is 2. The standard InChI is InChI=1S/C23H20N2O6S/c1-14(25-32(28,29)18-10-7-16(8-11-18)24-15(2)26)23(27)30-17-9-12-22-20(13-17)19-5-3-4-6-21(19)31-22/h3-14,25H,1-2H3,(H,24,26)/t14-/m0/s1. The van der Waals surface area contributed by atoms with E-state index in [4.69, 9.17) is 9.15 Å². The van der Waals surface area contributed by atoms with Crippen molar-refractivity contribution in [1.29, 1.82) is 0 Å². The Morgan fingerprint density at radius 3 is 2.34 bits per heavy atom. The Hall–Kier alpha value is -3.69. The van der Waals surface area contributed by atoms with Gasteiger partial charge in [-0.15, -0.1) is 0 Å². The van der Waals surface area contributed by atoms with Gasteiger partial charge in [0.05, 0.1) is 4.90 Å². The van der Waals surface area contributed by atoms with E-state index in [-0.39, 0.29) is 16.6 Å². The van der Waals surface area contributed by atoms with Crippen molar-refractivity contribution in [2.75, 3.05) is 5.32 Å². The number of para-hydroxylation sites is 1. The van der Waals surface area contributed by atoms with Crippen LogP contribution in [0.4, 0.5) is 5.69 Å². The van der Waals surface area contributed by atoms with Crippen LogP contribution in [-0.4, -0.2) is 26.3 Å². The number of amides is 1. The van der Waals surface area contributed by atoms with Crippen LogP contribution in [0, 0.1) is 0 Å². The van der Waals surface area contributed by atoms with Crippen LogP contribution in [0.15, 0.2) is 76.0 Å². The maximum atomic E-state index is 12.6. The third kappa shape index (κ3) is 4.48. The number of nitrogens with one attached hydrogen (secondary N) is 2. The van der Waals surface area contributed by atoms with Crippen molar-refractivity contribution in [2.24, 2.45) is 0 Å². The molecule has 9 heteroatoms. The van der Waals surface area contributed by atoms with Gasteiger partial charge in [-0.3, -0.25) is 4.79 Å². The average Bonchev–Trinajstić information content (AvgIpc) is 3.11. The molecule has 0 aliphatic rings. The molecule has 0 unspecified atom stereocenters. The van der Waals surface area contributed by atoms with E-state index in [9.17, 15) is 18.0 Å². The summed E-state index contributed by atoms with van der Waals surface area (Å²) in [6, 6.07) is 16.9. The molecule has 0 saturated heterocycles. The zero-order chi connectivity index (χ0) is 22.9. The van der Waals surface area contributed by atoms with E-state index in [0.29, 0.717) is 11.3 Å². The van der Waals surface area contributed by atoms with Crippen LogP contribution in [0.25, 0.3) is 21.9 Å². The van der Waals surface area contributed by atoms with Crippen LogP contribution in [0.2, 0.25) is 0 Å². The highest BCUT2D eigenvalue weighted by molar-refractivity contribution is 7.89. The van der Waals surface area contributed by atoms with Gasteiger partial charge in [0.15, 0.2) is 0 Å². The van der Waals surface area contributed by atoms with E-state index in [1.165, 1.54) is 38.1 Å². The first-order valence-electron chi connectivity index (χ1n) is 9.76. The lowest BCUT2D eigenvalue weighted by Crippen LogP contribution is -2.40. The first-order chi connectivity index (χ1) is 15.2. The zero-order valence-corrected chi connectivity index (χ0v) is 18.1.